The number of benzene rings is 2. The molecule has 1 N–H and O–H groups in total. The molecule has 0 atom stereocenters. The van der Waals surface area contributed by atoms with Gasteiger partial charge in [-0.05, 0) is 41.5 Å². The molecule has 0 aliphatic rings. The van der Waals surface area contributed by atoms with Gasteiger partial charge in [-0.25, -0.2) is 4.98 Å². The van der Waals surface area contributed by atoms with Crippen molar-refractivity contribution in [2.75, 3.05) is 5.32 Å². The molecule has 4 rings (SSSR count). The first kappa shape index (κ1) is 19.7. The van der Waals surface area contributed by atoms with Gasteiger partial charge in [0.15, 0.2) is 10.9 Å². The Hall–Kier alpha value is -2.60. The van der Waals surface area contributed by atoms with Crippen LogP contribution in [0.2, 0.25) is 10.0 Å². The lowest BCUT2D eigenvalue weighted by molar-refractivity contribution is 0.0995. The normalized spacial score (nSPS) is 10.8. The van der Waals surface area contributed by atoms with Crippen molar-refractivity contribution < 1.29 is 9.21 Å². The molecule has 0 aliphatic carbocycles. The number of hydrogen-bond donors (Lipinski definition) is 1. The number of hydrogen-bond acceptors (Lipinski definition) is 4. The zero-order chi connectivity index (χ0) is 20.2. The van der Waals surface area contributed by atoms with Crippen LogP contribution in [-0.4, -0.2) is 10.9 Å². The summed E-state index contributed by atoms with van der Waals surface area (Å²) < 4.78 is 5.69. The number of halogens is 2. The van der Waals surface area contributed by atoms with Crippen LogP contribution in [0.3, 0.4) is 0 Å². The number of furan rings is 1. The van der Waals surface area contributed by atoms with Crippen molar-refractivity contribution in [3.05, 3.63) is 104 Å². The van der Waals surface area contributed by atoms with Gasteiger partial charge in [-0.2, -0.15) is 0 Å². The molecule has 0 aliphatic heterocycles. The molecule has 0 saturated heterocycles. The molecular formula is C22H16Cl2N2O2S. The number of thiazole rings is 1. The lowest BCUT2D eigenvalue weighted by Crippen LogP contribution is -2.10. The van der Waals surface area contributed by atoms with Crippen molar-refractivity contribution in [2.45, 2.75) is 12.8 Å². The van der Waals surface area contributed by atoms with E-state index in [9.17, 15) is 4.79 Å². The number of anilines is 1. The first-order chi connectivity index (χ1) is 14.1. The van der Waals surface area contributed by atoms with E-state index in [-0.39, 0.29) is 11.7 Å². The minimum absolute atomic E-state index is 0.255. The van der Waals surface area contributed by atoms with Gasteiger partial charge >= 0.3 is 0 Å². The number of carbonyl (C=O) groups is 1. The first-order valence-electron chi connectivity index (χ1n) is 8.89. The molecule has 2 heterocycles. The number of carbonyl (C=O) groups excluding carboxylic acids is 1. The Morgan fingerprint density at radius 3 is 2.69 bits per heavy atom. The predicted molar refractivity (Wildman–Crippen MR) is 117 cm³/mol. The van der Waals surface area contributed by atoms with Crippen LogP contribution < -0.4 is 5.32 Å². The molecule has 0 radical (unpaired) electrons. The highest BCUT2D eigenvalue weighted by Crippen LogP contribution is 2.27. The lowest BCUT2D eigenvalue weighted by atomic mass is 10.1. The Kier molecular flexibility index (Phi) is 6.00. The summed E-state index contributed by atoms with van der Waals surface area (Å²) in [5.41, 5.74) is 2.04. The van der Waals surface area contributed by atoms with Gasteiger partial charge in [0, 0.05) is 34.0 Å². The molecular weight excluding hydrogens is 427 g/mol. The van der Waals surface area contributed by atoms with Gasteiger partial charge in [-0.3, -0.25) is 10.1 Å². The number of nitrogens with zero attached hydrogens (tertiary/aromatic N) is 1. The SMILES string of the molecule is O=C(Nc1ncc(Cc2cc(Cl)ccc2Cl)s1)c1ccc(Cc2ccccc2)o1. The van der Waals surface area contributed by atoms with Gasteiger partial charge in [0.2, 0.25) is 0 Å². The van der Waals surface area contributed by atoms with Crippen molar-refractivity contribution in [2.24, 2.45) is 0 Å². The van der Waals surface area contributed by atoms with Gasteiger partial charge in [0.05, 0.1) is 0 Å². The first-order valence-corrected chi connectivity index (χ1v) is 10.5. The van der Waals surface area contributed by atoms with E-state index in [2.05, 4.69) is 10.3 Å². The van der Waals surface area contributed by atoms with Crippen LogP contribution in [0.15, 0.2) is 71.3 Å². The summed E-state index contributed by atoms with van der Waals surface area (Å²) in [5.74, 6) is 0.661. The fourth-order valence-corrected chi connectivity index (χ4v) is 4.07. The van der Waals surface area contributed by atoms with Crippen LogP contribution in [0.1, 0.15) is 32.3 Å². The lowest BCUT2D eigenvalue weighted by Gasteiger charge is -2.02. The van der Waals surface area contributed by atoms with Crippen LogP contribution in [0.4, 0.5) is 5.13 Å². The summed E-state index contributed by atoms with van der Waals surface area (Å²) in [5, 5.41) is 4.57. The van der Waals surface area contributed by atoms with E-state index in [1.165, 1.54) is 11.3 Å². The third-order valence-corrected chi connectivity index (χ3v) is 5.77. The minimum Gasteiger partial charge on any atom is -0.456 e. The van der Waals surface area contributed by atoms with Crippen LogP contribution in [-0.2, 0) is 12.8 Å². The third-order valence-electron chi connectivity index (χ3n) is 4.25. The molecule has 4 nitrogen and oxygen atoms in total. The summed E-state index contributed by atoms with van der Waals surface area (Å²) in [7, 11) is 0. The highest BCUT2D eigenvalue weighted by molar-refractivity contribution is 7.15. The predicted octanol–water partition coefficient (Wildman–Crippen LogP) is 6.48. The Bertz CT molecular complexity index is 1140. The standard InChI is InChI=1S/C22H16Cl2N2O2S/c23-16-6-8-19(24)15(11-16)12-18-13-25-22(29-18)26-21(27)20-9-7-17(28-20)10-14-4-2-1-3-5-14/h1-9,11,13H,10,12H2,(H,25,26,27). The van der Waals surface area contributed by atoms with Crippen molar-refractivity contribution in [1.82, 2.24) is 4.98 Å². The topological polar surface area (TPSA) is 55.1 Å². The third kappa shape index (κ3) is 5.07. The molecule has 0 bridgehead atoms. The zero-order valence-electron chi connectivity index (χ0n) is 15.2. The summed E-state index contributed by atoms with van der Waals surface area (Å²) in [6.45, 7) is 0. The van der Waals surface area contributed by atoms with Crippen LogP contribution in [0.25, 0.3) is 0 Å². The Morgan fingerprint density at radius 1 is 1.03 bits per heavy atom. The van der Waals surface area contributed by atoms with Crippen LogP contribution in [0.5, 0.6) is 0 Å². The molecule has 29 heavy (non-hydrogen) atoms. The summed E-state index contributed by atoms with van der Waals surface area (Å²) in [6, 6.07) is 18.8. The van der Waals surface area contributed by atoms with Crippen molar-refractivity contribution in [3.8, 4) is 0 Å². The summed E-state index contributed by atoms with van der Waals surface area (Å²) in [4.78, 5) is 17.7. The summed E-state index contributed by atoms with van der Waals surface area (Å²) >= 11 is 13.6. The fraction of sp³-hybridized carbons (Fsp3) is 0.0909. The van der Waals surface area contributed by atoms with Crippen molar-refractivity contribution in [1.29, 1.82) is 0 Å². The van der Waals surface area contributed by atoms with Gasteiger partial charge in [-0.15, -0.1) is 11.3 Å². The minimum atomic E-state index is -0.328. The quantitative estimate of drug-likeness (QED) is 0.371. The second kappa shape index (κ2) is 8.82. The maximum atomic E-state index is 12.5. The number of nitrogens with one attached hydrogen (secondary N) is 1. The maximum Gasteiger partial charge on any atom is 0.293 e. The fourth-order valence-electron chi connectivity index (χ4n) is 2.86. The highest BCUT2D eigenvalue weighted by atomic mass is 35.5. The van der Waals surface area contributed by atoms with Gasteiger partial charge in [0.25, 0.3) is 5.91 Å². The van der Waals surface area contributed by atoms with E-state index in [1.54, 1.807) is 24.4 Å². The molecule has 2 aromatic heterocycles. The largest absolute Gasteiger partial charge is 0.456 e. The average molecular weight is 443 g/mol. The van der Waals surface area contributed by atoms with Crippen LogP contribution in [0, 0.1) is 0 Å². The van der Waals surface area contributed by atoms with Gasteiger partial charge in [0.1, 0.15) is 5.76 Å². The number of amides is 1. The van der Waals surface area contributed by atoms with E-state index in [4.69, 9.17) is 27.6 Å². The van der Waals surface area contributed by atoms with Crippen molar-refractivity contribution >= 4 is 45.6 Å². The van der Waals surface area contributed by atoms with E-state index in [0.717, 1.165) is 21.8 Å². The molecule has 146 valence electrons. The maximum absolute atomic E-state index is 12.5. The Morgan fingerprint density at radius 2 is 1.86 bits per heavy atom. The molecule has 7 heteroatoms. The highest BCUT2D eigenvalue weighted by Gasteiger charge is 2.14. The monoisotopic (exact) mass is 442 g/mol. The second-order valence-corrected chi connectivity index (χ2v) is 8.39. The van der Waals surface area contributed by atoms with Crippen molar-refractivity contribution in [3.63, 3.8) is 0 Å². The van der Waals surface area contributed by atoms with E-state index < -0.39 is 0 Å². The van der Waals surface area contributed by atoms with E-state index in [1.807, 2.05) is 42.5 Å². The molecule has 0 saturated carbocycles. The Labute approximate surface area is 182 Å². The second-order valence-electron chi connectivity index (χ2n) is 6.43. The molecule has 4 aromatic rings. The number of aromatic nitrogens is 1. The van der Waals surface area contributed by atoms with Crippen LogP contribution >= 0.6 is 34.5 Å². The smallest absolute Gasteiger partial charge is 0.293 e. The molecule has 1 amide bonds. The molecule has 0 spiro atoms. The molecule has 0 fully saturated rings. The Balaban J connectivity index is 1.40. The van der Waals surface area contributed by atoms with E-state index >= 15 is 0 Å². The van der Waals surface area contributed by atoms with E-state index in [0.29, 0.717) is 28.0 Å². The zero-order valence-corrected chi connectivity index (χ0v) is 17.5. The summed E-state index contributed by atoms with van der Waals surface area (Å²) in [6.07, 6.45) is 2.95. The molecule has 0 unspecified atom stereocenters. The average Bonchev–Trinajstić information content (AvgIpc) is 3.35. The van der Waals surface area contributed by atoms with Gasteiger partial charge in [-0.1, -0.05) is 53.5 Å². The van der Waals surface area contributed by atoms with Gasteiger partial charge < -0.3 is 4.42 Å². The molecule has 2 aromatic carbocycles. The number of rotatable bonds is 6.